The molecule has 3 nitrogen and oxygen atoms in total. The molecule has 0 N–H and O–H groups in total. The minimum Gasteiger partial charge on any atom is -0.309 e. The number of hydrogen-bond acceptors (Lipinski definition) is 3. The van der Waals surface area contributed by atoms with Crippen LogP contribution in [0.5, 0.6) is 0 Å². The number of benzene rings is 7. The summed E-state index contributed by atoms with van der Waals surface area (Å²) in [5.41, 5.74) is 13.3. The van der Waals surface area contributed by atoms with E-state index in [1.54, 1.807) is 0 Å². The molecule has 3 heterocycles. The van der Waals surface area contributed by atoms with Gasteiger partial charge in [-0.3, -0.25) is 0 Å². The Labute approximate surface area is 309 Å². The Hall–Kier alpha value is -6.54. The van der Waals surface area contributed by atoms with Crippen molar-refractivity contribution in [2.24, 2.45) is 0 Å². The van der Waals surface area contributed by atoms with Crippen LogP contribution in [0.25, 0.3) is 44.5 Å². The van der Waals surface area contributed by atoms with Crippen LogP contribution in [-0.4, -0.2) is 4.98 Å². The normalized spacial score (nSPS) is 15.6. The predicted molar refractivity (Wildman–Crippen MR) is 221 cm³/mol. The summed E-state index contributed by atoms with van der Waals surface area (Å²) in [7, 11) is -3.26. The maximum Gasteiger partial charge on any atom is 0.172 e. The van der Waals surface area contributed by atoms with E-state index in [1.807, 2.05) is 48.5 Å². The molecule has 4 heteroatoms. The molecule has 1 aromatic heterocycles. The van der Waals surface area contributed by atoms with Gasteiger partial charge < -0.3 is 9.46 Å². The smallest absolute Gasteiger partial charge is 0.172 e. The zero-order chi connectivity index (χ0) is 35.4. The number of pyridine rings is 1. The Morgan fingerprint density at radius 3 is 1.66 bits per heavy atom. The Balaban J connectivity index is 1.20. The van der Waals surface area contributed by atoms with E-state index < -0.39 is 7.14 Å². The molecule has 7 aromatic carbocycles. The SMILES string of the molecule is O=P1(c2ccccc2)C2=C(c3ccccc3N(c3cccc(-c4cc(-c5ccccc5)cc(-c5ccccc5)n4)c3)c3ccccc32)c2ccccc21. The highest BCUT2D eigenvalue weighted by Gasteiger charge is 2.46. The van der Waals surface area contributed by atoms with E-state index in [1.165, 1.54) is 0 Å². The van der Waals surface area contributed by atoms with Gasteiger partial charge in [-0.15, -0.1) is 0 Å². The van der Waals surface area contributed by atoms with E-state index in [4.69, 9.17) is 4.98 Å². The molecule has 0 radical (unpaired) electrons. The zero-order valence-electron chi connectivity index (χ0n) is 28.8. The van der Waals surface area contributed by atoms with E-state index >= 15 is 4.57 Å². The van der Waals surface area contributed by atoms with Gasteiger partial charge in [0.2, 0.25) is 0 Å². The van der Waals surface area contributed by atoms with E-state index in [0.717, 1.165) is 88.9 Å². The van der Waals surface area contributed by atoms with Crippen molar-refractivity contribution >= 4 is 45.7 Å². The molecular formula is C49H33N2OP. The average molecular weight is 697 g/mol. The van der Waals surface area contributed by atoms with Gasteiger partial charge in [0.25, 0.3) is 0 Å². The highest BCUT2D eigenvalue weighted by molar-refractivity contribution is 7.88. The molecule has 2 aliphatic heterocycles. The first-order valence-electron chi connectivity index (χ1n) is 17.9. The molecule has 1 atom stereocenters. The van der Waals surface area contributed by atoms with Gasteiger partial charge >= 0.3 is 0 Å². The van der Waals surface area contributed by atoms with Gasteiger partial charge in [-0.25, -0.2) is 4.98 Å². The van der Waals surface area contributed by atoms with Crippen LogP contribution in [0.4, 0.5) is 17.1 Å². The average Bonchev–Trinajstić information content (AvgIpc) is 3.42. The lowest BCUT2D eigenvalue weighted by atomic mass is 9.95. The summed E-state index contributed by atoms with van der Waals surface area (Å²) >= 11 is 0. The second-order valence-corrected chi connectivity index (χ2v) is 16.1. The summed E-state index contributed by atoms with van der Waals surface area (Å²) in [5, 5.41) is 2.64. The zero-order valence-corrected chi connectivity index (χ0v) is 29.7. The van der Waals surface area contributed by atoms with Crippen molar-refractivity contribution in [1.82, 2.24) is 4.98 Å². The topological polar surface area (TPSA) is 33.2 Å². The van der Waals surface area contributed by atoms with Crippen molar-refractivity contribution in [3.8, 4) is 33.6 Å². The molecule has 0 fully saturated rings. The van der Waals surface area contributed by atoms with E-state index in [9.17, 15) is 0 Å². The van der Waals surface area contributed by atoms with Gasteiger partial charge in [-0.1, -0.05) is 164 Å². The van der Waals surface area contributed by atoms with E-state index in [0.29, 0.717) is 0 Å². The van der Waals surface area contributed by atoms with Crippen LogP contribution < -0.4 is 15.5 Å². The number of rotatable bonds is 5. The van der Waals surface area contributed by atoms with Gasteiger partial charge in [0.1, 0.15) is 0 Å². The summed E-state index contributed by atoms with van der Waals surface area (Å²) < 4.78 is 16.0. The van der Waals surface area contributed by atoms with Crippen molar-refractivity contribution < 1.29 is 4.57 Å². The van der Waals surface area contributed by atoms with Gasteiger partial charge in [0.05, 0.1) is 22.8 Å². The predicted octanol–water partition coefficient (Wildman–Crippen LogP) is 12.1. The lowest BCUT2D eigenvalue weighted by Crippen LogP contribution is -2.17. The van der Waals surface area contributed by atoms with Crippen LogP contribution in [0.2, 0.25) is 0 Å². The number of fused-ring (bicyclic) bond motifs is 6. The Morgan fingerprint density at radius 1 is 0.415 bits per heavy atom. The van der Waals surface area contributed by atoms with E-state index in [2.05, 4.69) is 157 Å². The quantitative estimate of drug-likeness (QED) is 0.168. The van der Waals surface area contributed by atoms with Crippen LogP contribution in [0.3, 0.4) is 0 Å². The Morgan fingerprint density at radius 2 is 0.943 bits per heavy atom. The highest BCUT2D eigenvalue weighted by atomic mass is 31.2. The van der Waals surface area contributed by atoms with E-state index in [-0.39, 0.29) is 0 Å². The summed E-state index contributed by atoms with van der Waals surface area (Å²) in [5.74, 6) is 0. The molecule has 0 bridgehead atoms. The third-order valence-electron chi connectivity index (χ3n) is 10.4. The van der Waals surface area contributed by atoms with Crippen LogP contribution >= 0.6 is 7.14 Å². The van der Waals surface area contributed by atoms with Crippen molar-refractivity contribution in [2.75, 3.05) is 4.90 Å². The third kappa shape index (κ3) is 5.04. The van der Waals surface area contributed by atoms with Gasteiger partial charge in [-0.2, -0.15) is 0 Å². The molecule has 2 aliphatic rings. The number of para-hydroxylation sites is 2. The molecule has 250 valence electrons. The molecule has 0 aliphatic carbocycles. The number of hydrogen-bond donors (Lipinski definition) is 0. The van der Waals surface area contributed by atoms with Gasteiger partial charge in [0.15, 0.2) is 7.14 Å². The van der Waals surface area contributed by atoms with Crippen LogP contribution in [0.1, 0.15) is 16.7 Å². The Kier molecular flexibility index (Phi) is 7.42. The summed E-state index contributed by atoms with van der Waals surface area (Å²) in [4.78, 5) is 7.59. The largest absolute Gasteiger partial charge is 0.309 e. The van der Waals surface area contributed by atoms with Crippen LogP contribution in [0, 0.1) is 0 Å². The highest BCUT2D eigenvalue weighted by Crippen LogP contribution is 2.68. The standard InChI is InChI=1S/C49H33N2OP/c52-53(39-23-8-3-9-24-39)47-30-15-12-27-42(47)48-40-25-10-13-28-45(40)51(46-29-14-11-26-41(46)49(48)53)38-22-16-21-36(31-38)44-33-37(34-17-4-1-5-18-34)32-43(50-44)35-19-6-2-7-20-35/h1-33H. The lowest BCUT2D eigenvalue weighted by molar-refractivity contribution is 0.593. The molecular weight excluding hydrogens is 664 g/mol. The minimum absolute atomic E-state index is 0.846. The first-order valence-corrected chi connectivity index (χ1v) is 19.6. The maximum absolute atomic E-state index is 16.0. The van der Waals surface area contributed by atoms with Crippen LogP contribution in [-0.2, 0) is 4.57 Å². The molecule has 0 spiro atoms. The first kappa shape index (κ1) is 31.2. The molecule has 53 heavy (non-hydrogen) atoms. The number of aromatic nitrogens is 1. The Bertz CT molecular complexity index is 2700. The van der Waals surface area contributed by atoms with Crippen molar-refractivity contribution in [2.45, 2.75) is 0 Å². The van der Waals surface area contributed by atoms with Crippen molar-refractivity contribution in [1.29, 1.82) is 0 Å². The molecule has 1 unspecified atom stereocenters. The second kappa shape index (κ2) is 12.6. The number of nitrogens with zero attached hydrogens (tertiary/aromatic N) is 2. The minimum atomic E-state index is -3.26. The third-order valence-corrected chi connectivity index (χ3v) is 13.6. The lowest BCUT2D eigenvalue weighted by Gasteiger charge is -2.29. The van der Waals surface area contributed by atoms with Crippen molar-refractivity contribution in [3.05, 3.63) is 217 Å². The fourth-order valence-electron chi connectivity index (χ4n) is 8.04. The second-order valence-electron chi connectivity index (χ2n) is 13.5. The molecule has 8 aromatic rings. The maximum atomic E-state index is 16.0. The monoisotopic (exact) mass is 696 g/mol. The molecule has 0 saturated heterocycles. The number of anilines is 3. The molecule has 0 saturated carbocycles. The first-order chi connectivity index (χ1) is 26.2. The molecule has 10 rings (SSSR count). The summed E-state index contributed by atoms with van der Waals surface area (Å²) in [6.07, 6.45) is 0. The summed E-state index contributed by atoms with van der Waals surface area (Å²) in [6.45, 7) is 0. The fraction of sp³-hybridized carbons (Fsp3) is 0. The van der Waals surface area contributed by atoms with Crippen LogP contribution in [0.15, 0.2) is 200 Å². The van der Waals surface area contributed by atoms with Gasteiger partial charge in [0, 0.05) is 49.4 Å². The van der Waals surface area contributed by atoms with Gasteiger partial charge in [-0.05, 0) is 53.1 Å². The summed E-state index contributed by atoms with van der Waals surface area (Å²) in [6, 6.07) is 69.2. The van der Waals surface area contributed by atoms with Crippen molar-refractivity contribution in [3.63, 3.8) is 0 Å². The fourth-order valence-corrected chi connectivity index (χ4v) is 11.3. The molecule has 0 amide bonds.